The zero-order valence-electron chi connectivity index (χ0n) is 15.2. The second-order valence-electron chi connectivity index (χ2n) is 7.60. The van der Waals surface area contributed by atoms with Crippen LogP contribution >= 0.6 is 15.9 Å². The number of rotatable bonds is 1. The Morgan fingerprint density at radius 3 is 2.46 bits per heavy atom. The number of amides is 1. The van der Waals surface area contributed by atoms with E-state index in [2.05, 4.69) is 15.9 Å². The highest BCUT2D eigenvalue weighted by Gasteiger charge is 2.30. The van der Waals surface area contributed by atoms with E-state index in [9.17, 15) is 14.7 Å². The number of benzene rings is 1. The Bertz CT molecular complexity index is 845. The van der Waals surface area contributed by atoms with Crippen LogP contribution in [0.4, 0.5) is 9.59 Å². The summed E-state index contributed by atoms with van der Waals surface area (Å²) in [6.07, 6.45) is 0.126. The number of carbonyl (C=O) groups is 2. The zero-order chi connectivity index (χ0) is 19.1. The third-order valence-corrected chi connectivity index (χ3v) is 5.27. The van der Waals surface area contributed by atoms with E-state index in [1.54, 1.807) is 4.90 Å². The molecule has 1 fully saturated rings. The highest BCUT2D eigenvalue weighted by atomic mass is 79.9. The zero-order valence-corrected chi connectivity index (χ0v) is 16.7. The molecule has 0 aliphatic carbocycles. The molecule has 0 bridgehead atoms. The SMILES string of the molecule is CC(C)(C)OC(=O)N1CCC(c2cc3c(Br)cccc3n2C(=O)O)CC1. The summed E-state index contributed by atoms with van der Waals surface area (Å²) in [4.78, 5) is 25.8. The van der Waals surface area contributed by atoms with E-state index in [0.29, 0.717) is 31.4 Å². The molecule has 2 aromatic rings. The van der Waals surface area contributed by atoms with E-state index >= 15 is 0 Å². The van der Waals surface area contributed by atoms with Crippen LogP contribution in [0.3, 0.4) is 0 Å². The lowest BCUT2D eigenvalue weighted by Crippen LogP contribution is -2.41. The minimum atomic E-state index is -0.984. The van der Waals surface area contributed by atoms with Gasteiger partial charge < -0.3 is 14.7 Å². The van der Waals surface area contributed by atoms with Crippen LogP contribution in [0.5, 0.6) is 0 Å². The molecule has 0 radical (unpaired) electrons. The number of hydrogen-bond acceptors (Lipinski definition) is 3. The van der Waals surface area contributed by atoms with E-state index in [-0.39, 0.29) is 12.0 Å². The molecule has 6 nitrogen and oxygen atoms in total. The molecule has 1 N–H and O–H groups in total. The third kappa shape index (κ3) is 3.72. The Balaban J connectivity index is 1.82. The minimum absolute atomic E-state index is 0.0871. The van der Waals surface area contributed by atoms with Crippen molar-refractivity contribution in [2.24, 2.45) is 0 Å². The van der Waals surface area contributed by atoms with Gasteiger partial charge in [-0.2, -0.15) is 0 Å². The first-order chi connectivity index (χ1) is 12.2. The minimum Gasteiger partial charge on any atom is -0.464 e. The first-order valence-electron chi connectivity index (χ1n) is 8.68. The molecule has 26 heavy (non-hydrogen) atoms. The molecule has 140 valence electrons. The van der Waals surface area contributed by atoms with Crippen molar-refractivity contribution in [3.05, 3.63) is 34.4 Å². The van der Waals surface area contributed by atoms with Gasteiger partial charge in [-0.05, 0) is 51.8 Å². The van der Waals surface area contributed by atoms with Gasteiger partial charge in [0, 0.05) is 34.6 Å². The van der Waals surface area contributed by atoms with Gasteiger partial charge in [0.1, 0.15) is 5.60 Å². The van der Waals surface area contributed by atoms with Crippen molar-refractivity contribution in [3.8, 4) is 0 Å². The van der Waals surface area contributed by atoms with Crippen LogP contribution in [0.15, 0.2) is 28.7 Å². The molecule has 1 aliphatic rings. The number of halogens is 1. The highest BCUT2D eigenvalue weighted by Crippen LogP contribution is 2.35. The van der Waals surface area contributed by atoms with Crippen molar-refractivity contribution in [1.82, 2.24) is 9.47 Å². The van der Waals surface area contributed by atoms with Crippen LogP contribution < -0.4 is 0 Å². The van der Waals surface area contributed by atoms with Crippen LogP contribution in [-0.2, 0) is 4.74 Å². The van der Waals surface area contributed by atoms with Crippen LogP contribution in [0, 0.1) is 0 Å². The Kier molecular flexibility index (Phi) is 5.01. The van der Waals surface area contributed by atoms with Gasteiger partial charge in [0.05, 0.1) is 5.52 Å². The molecule has 3 rings (SSSR count). The molecule has 1 saturated heterocycles. The molecule has 0 saturated carbocycles. The van der Waals surface area contributed by atoms with Gasteiger partial charge in [-0.25, -0.2) is 14.2 Å². The third-order valence-electron chi connectivity index (χ3n) is 4.58. The summed E-state index contributed by atoms with van der Waals surface area (Å²) in [5, 5.41) is 10.6. The predicted molar refractivity (Wildman–Crippen MR) is 103 cm³/mol. The van der Waals surface area contributed by atoms with Crippen molar-refractivity contribution < 1.29 is 19.4 Å². The highest BCUT2D eigenvalue weighted by molar-refractivity contribution is 9.10. The van der Waals surface area contributed by atoms with Crippen molar-refractivity contribution in [1.29, 1.82) is 0 Å². The van der Waals surface area contributed by atoms with E-state index in [0.717, 1.165) is 15.6 Å². The monoisotopic (exact) mass is 422 g/mol. The Labute approximate surface area is 160 Å². The standard InChI is InChI=1S/C19H23BrN2O4/c1-19(2,3)26-18(25)21-9-7-12(8-10-21)16-11-13-14(20)5-4-6-15(13)22(16)17(23)24/h4-6,11-12H,7-10H2,1-3H3,(H,23,24). The van der Waals surface area contributed by atoms with Crippen molar-refractivity contribution in [2.75, 3.05) is 13.1 Å². The summed E-state index contributed by atoms with van der Waals surface area (Å²) in [5.41, 5.74) is 0.940. The smallest absolute Gasteiger partial charge is 0.416 e. The maximum Gasteiger partial charge on any atom is 0.416 e. The number of carbonyl (C=O) groups excluding carboxylic acids is 1. The number of aromatic nitrogens is 1. The molecule has 1 aliphatic heterocycles. The quantitative estimate of drug-likeness (QED) is 0.697. The van der Waals surface area contributed by atoms with Gasteiger partial charge in [-0.3, -0.25) is 0 Å². The fourth-order valence-corrected chi connectivity index (χ4v) is 3.88. The molecule has 7 heteroatoms. The molecule has 0 unspecified atom stereocenters. The summed E-state index contributed by atoms with van der Waals surface area (Å²) in [6, 6.07) is 7.50. The lowest BCUT2D eigenvalue weighted by atomic mass is 9.93. The molecule has 0 atom stereocenters. The maximum absolute atomic E-state index is 12.2. The van der Waals surface area contributed by atoms with Gasteiger partial charge in [-0.15, -0.1) is 0 Å². The summed E-state index contributed by atoms with van der Waals surface area (Å²) in [5.74, 6) is 0.0871. The molecule has 2 heterocycles. The topological polar surface area (TPSA) is 71.8 Å². The van der Waals surface area contributed by atoms with Crippen LogP contribution in [0.1, 0.15) is 45.2 Å². The van der Waals surface area contributed by atoms with Gasteiger partial charge in [-0.1, -0.05) is 22.0 Å². The number of hydrogen-bond donors (Lipinski definition) is 1. The number of fused-ring (bicyclic) bond motifs is 1. The lowest BCUT2D eigenvalue weighted by Gasteiger charge is -2.33. The molecule has 0 spiro atoms. The van der Waals surface area contributed by atoms with Crippen LogP contribution in [-0.4, -0.2) is 45.5 Å². The molecular weight excluding hydrogens is 400 g/mol. The maximum atomic E-state index is 12.2. The number of piperidine rings is 1. The van der Waals surface area contributed by atoms with E-state index in [1.165, 1.54) is 4.57 Å². The normalized spacial score (nSPS) is 16.1. The number of nitrogens with zero attached hydrogens (tertiary/aromatic N) is 2. The number of ether oxygens (including phenoxy) is 1. The van der Waals surface area contributed by atoms with Crippen molar-refractivity contribution in [2.45, 2.75) is 45.1 Å². The van der Waals surface area contributed by atoms with Crippen LogP contribution in [0.2, 0.25) is 0 Å². The second kappa shape index (κ2) is 6.95. The van der Waals surface area contributed by atoms with Crippen molar-refractivity contribution in [3.63, 3.8) is 0 Å². The number of carboxylic acid groups (broad SMARTS) is 1. The number of likely N-dealkylation sites (tertiary alicyclic amines) is 1. The average Bonchev–Trinajstić information content (AvgIpc) is 2.94. The van der Waals surface area contributed by atoms with Gasteiger partial charge in [0.15, 0.2) is 0 Å². The van der Waals surface area contributed by atoms with Gasteiger partial charge in [0.25, 0.3) is 0 Å². The second-order valence-corrected chi connectivity index (χ2v) is 8.46. The fourth-order valence-electron chi connectivity index (χ4n) is 3.41. The largest absolute Gasteiger partial charge is 0.464 e. The summed E-state index contributed by atoms with van der Waals surface area (Å²) in [7, 11) is 0. The molecule has 1 aromatic carbocycles. The fraction of sp³-hybridized carbons (Fsp3) is 0.474. The molecule has 1 amide bonds. The Hall–Kier alpha value is -2.02. The molecule has 1 aromatic heterocycles. The first kappa shape index (κ1) is 18.8. The average molecular weight is 423 g/mol. The lowest BCUT2D eigenvalue weighted by molar-refractivity contribution is 0.0203. The first-order valence-corrected chi connectivity index (χ1v) is 9.48. The Morgan fingerprint density at radius 2 is 1.88 bits per heavy atom. The van der Waals surface area contributed by atoms with E-state index < -0.39 is 11.7 Å². The van der Waals surface area contributed by atoms with Crippen molar-refractivity contribution >= 4 is 39.0 Å². The van der Waals surface area contributed by atoms with E-state index in [4.69, 9.17) is 4.74 Å². The van der Waals surface area contributed by atoms with Gasteiger partial charge in [0.2, 0.25) is 0 Å². The molecular formula is C19H23BrN2O4. The predicted octanol–water partition coefficient (Wildman–Crippen LogP) is 5.04. The Morgan fingerprint density at radius 1 is 1.23 bits per heavy atom. The summed E-state index contributed by atoms with van der Waals surface area (Å²) >= 11 is 3.50. The summed E-state index contributed by atoms with van der Waals surface area (Å²) < 4.78 is 7.67. The summed E-state index contributed by atoms with van der Waals surface area (Å²) in [6.45, 7) is 6.66. The van der Waals surface area contributed by atoms with E-state index in [1.807, 2.05) is 45.0 Å². The van der Waals surface area contributed by atoms with Gasteiger partial charge >= 0.3 is 12.2 Å². The van der Waals surface area contributed by atoms with Crippen LogP contribution in [0.25, 0.3) is 10.9 Å².